The van der Waals surface area contributed by atoms with Gasteiger partial charge in [-0.1, -0.05) is 55.5 Å². The van der Waals surface area contributed by atoms with E-state index in [0.717, 1.165) is 19.3 Å². The van der Waals surface area contributed by atoms with Gasteiger partial charge in [0.05, 0.1) is 18.3 Å². The summed E-state index contributed by atoms with van der Waals surface area (Å²) in [6.07, 6.45) is 17.5. The summed E-state index contributed by atoms with van der Waals surface area (Å²) in [6.45, 7) is 2.11. The van der Waals surface area contributed by atoms with E-state index in [0.29, 0.717) is 12.8 Å². The van der Waals surface area contributed by atoms with Gasteiger partial charge in [0.15, 0.2) is 0 Å². The normalized spacial score (nSPS) is 27.6. The third kappa shape index (κ3) is 9.70. The largest absolute Gasteiger partial charge is 0.481 e. The van der Waals surface area contributed by atoms with E-state index in [4.69, 9.17) is 5.11 Å². The molecular weight excluding hydrogens is 344 g/mol. The molecule has 0 aromatic rings. The second kappa shape index (κ2) is 13.5. The van der Waals surface area contributed by atoms with Crippen molar-refractivity contribution in [1.29, 1.82) is 0 Å². The number of aliphatic hydroxyl groups is 3. The Balaban J connectivity index is 2.39. The zero-order valence-electron chi connectivity index (χ0n) is 16.2. The molecule has 4 N–H and O–H groups in total. The smallest absolute Gasteiger partial charge is 0.303 e. The quantitative estimate of drug-likeness (QED) is 0.390. The first kappa shape index (κ1) is 23.3. The number of carboxylic acid groups (broad SMARTS) is 1. The van der Waals surface area contributed by atoms with E-state index >= 15 is 0 Å². The van der Waals surface area contributed by atoms with Gasteiger partial charge >= 0.3 is 5.97 Å². The predicted octanol–water partition coefficient (Wildman–Crippen LogP) is 3.38. The van der Waals surface area contributed by atoms with Crippen LogP contribution in [0.15, 0.2) is 48.6 Å². The van der Waals surface area contributed by atoms with Crippen molar-refractivity contribution in [2.75, 3.05) is 0 Å². The fraction of sp³-hybridized carbons (Fsp3) is 0.591. The molecule has 1 aliphatic carbocycles. The minimum Gasteiger partial charge on any atom is -0.481 e. The van der Waals surface area contributed by atoms with Gasteiger partial charge in [-0.05, 0) is 38.0 Å². The molecule has 5 heteroatoms. The SMILES string of the molecule is CC/C=C\C/C=C/C/C=C\C[C@H](O)/C=C/[C@H]1[C@@H](CCC(=O)O)[C@@H](O)C[C@H]1O. The summed E-state index contributed by atoms with van der Waals surface area (Å²) in [6, 6.07) is 0. The molecular formula is C22H34O5. The maximum atomic E-state index is 10.8. The Hall–Kier alpha value is -1.69. The molecule has 0 spiro atoms. The first-order valence-corrected chi connectivity index (χ1v) is 9.85. The molecule has 0 heterocycles. The van der Waals surface area contributed by atoms with Crippen LogP contribution in [0.4, 0.5) is 0 Å². The lowest BCUT2D eigenvalue weighted by atomic mass is 9.88. The Bertz CT molecular complexity index is 535. The van der Waals surface area contributed by atoms with Crippen LogP contribution in [0.25, 0.3) is 0 Å². The van der Waals surface area contributed by atoms with Gasteiger partial charge in [-0.3, -0.25) is 4.79 Å². The number of carboxylic acids is 1. The van der Waals surface area contributed by atoms with Crippen molar-refractivity contribution in [3.8, 4) is 0 Å². The third-order valence-corrected chi connectivity index (χ3v) is 4.82. The van der Waals surface area contributed by atoms with E-state index < -0.39 is 24.3 Å². The molecule has 1 fully saturated rings. The highest BCUT2D eigenvalue weighted by atomic mass is 16.4. The fourth-order valence-electron chi connectivity index (χ4n) is 3.35. The van der Waals surface area contributed by atoms with Gasteiger partial charge in [0.25, 0.3) is 0 Å². The van der Waals surface area contributed by atoms with Crippen molar-refractivity contribution in [1.82, 2.24) is 0 Å². The molecule has 0 unspecified atom stereocenters. The van der Waals surface area contributed by atoms with Crippen LogP contribution in [0, 0.1) is 11.8 Å². The zero-order valence-corrected chi connectivity index (χ0v) is 16.2. The first-order chi connectivity index (χ1) is 13.0. The van der Waals surface area contributed by atoms with Crippen LogP contribution in [0.2, 0.25) is 0 Å². The number of hydrogen-bond acceptors (Lipinski definition) is 4. The number of allylic oxidation sites excluding steroid dienone is 5. The summed E-state index contributed by atoms with van der Waals surface area (Å²) in [5.41, 5.74) is 0. The number of aliphatic hydroxyl groups excluding tert-OH is 3. The Morgan fingerprint density at radius 1 is 1.04 bits per heavy atom. The standard InChI is InChI=1S/C22H34O5/c1-2-3-4-5-6-7-8-9-10-11-17(23)12-13-18-19(14-15-22(26)27)21(25)16-20(18)24/h3-4,6-7,9-10,12-13,17-21,23-25H,2,5,8,11,14-16H2,1H3,(H,26,27)/b4-3-,7-6+,10-9-,13-12+/t17-,18-,19+,20+,21-/m0/s1. The number of aliphatic carboxylic acids is 1. The minimum absolute atomic E-state index is 0.0359. The van der Waals surface area contributed by atoms with Gasteiger partial charge < -0.3 is 20.4 Å². The van der Waals surface area contributed by atoms with Gasteiger partial charge in [-0.15, -0.1) is 0 Å². The third-order valence-electron chi connectivity index (χ3n) is 4.82. The lowest BCUT2D eigenvalue weighted by Gasteiger charge is -2.20. The van der Waals surface area contributed by atoms with Crippen LogP contribution in [-0.4, -0.2) is 44.7 Å². The molecule has 1 aliphatic rings. The lowest BCUT2D eigenvalue weighted by Crippen LogP contribution is -2.22. The number of rotatable bonds is 12. The molecule has 0 aromatic carbocycles. The van der Waals surface area contributed by atoms with E-state index in [1.165, 1.54) is 0 Å². The molecule has 1 rings (SSSR count). The van der Waals surface area contributed by atoms with Gasteiger partial charge in [-0.2, -0.15) is 0 Å². The van der Waals surface area contributed by atoms with Crippen molar-refractivity contribution >= 4 is 5.97 Å². The maximum absolute atomic E-state index is 10.8. The summed E-state index contributed by atoms with van der Waals surface area (Å²) >= 11 is 0. The van der Waals surface area contributed by atoms with Gasteiger partial charge in [0.1, 0.15) is 0 Å². The summed E-state index contributed by atoms with van der Waals surface area (Å²) in [5, 5.41) is 39.0. The molecule has 0 radical (unpaired) electrons. The molecule has 0 aliphatic heterocycles. The average Bonchev–Trinajstić information content (AvgIpc) is 2.89. The highest BCUT2D eigenvalue weighted by molar-refractivity contribution is 5.66. The van der Waals surface area contributed by atoms with E-state index in [-0.39, 0.29) is 24.7 Å². The lowest BCUT2D eigenvalue weighted by molar-refractivity contribution is -0.137. The molecule has 152 valence electrons. The summed E-state index contributed by atoms with van der Waals surface area (Å²) < 4.78 is 0. The highest BCUT2D eigenvalue weighted by Crippen LogP contribution is 2.36. The van der Waals surface area contributed by atoms with Gasteiger partial charge in [-0.25, -0.2) is 0 Å². The average molecular weight is 379 g/mol. The Kier molecular flexibility index (Phi) is 11.7. The van der Waals surface area contributed by atoms with Crippen LogP contribution in [0.1, 0.15) is 51.9 Å². The van der Waals surface area contributed by atoms with E-state index in [9.17, 15) is 20.1 Å². The molecule has 5 atom stereocenters. The van der Waals surface area contributed by atoms with E-state index in [1.807, 2.05) is 12.2 Å². The minimum atomic E-state index is -0.910. The Labute approximate surface area is 162 Å². The monoisotopic (exact) mass is 378 g/mol. The van der Waals surface area contributed by atoms with Gasteiger partial charge in [0.2, 0.25) is 0 Å². The molecule has 0 saturated heterocycles. The molecule has 1 saturated carbocycles. The second-order valence-corrected chi connectivity index (χ2v) is 7.03. The highest BCUT2D eigenvalue weighted by Gasteiger charge is 2.40. The maximum Gasteiger partial charge on any atom is 0.303 e. The molecule has 0 bridgehead atoms. The summed E-state index contributed by atoms with van der Waals surface area (Å²) in [5.74, 6) is -1.52. The van der Waals surface area contributed by atoms with Crippen molar-refractivity contribution in [2.24, 2.45) is 11.8 Å². The Morgan fingerprint density at radius 3 is 2.30 bits per heavy atom. The first-order valence-electron chi connectivity index (χ1n) is 9.85. The number of carbonyl (C=O) groups is 1. The molecule has 0 aromatic heterocycles. The van der Waals surface area contributed by atoms with Crippen LogP contribution >= 0.6 is 0 Å². The van der Waals surface area contributed by atoms with Crippen LogP contribution in [-0.2, 0) is 4.79 Å². The molecule has 5 nitrogen and oxygen atoms in total. The van der Waals surface area contributed by atoms with E-state index in [1.54, 1.807) is 12.2 Å². The fourth-order valence-corrected chi connectivity index (χ4v) is 3.35. The molecule has 27 heavy (non-hydrogen) atoms. The zero-order chi connectivity index (χ0) is 20.1. The van der Waals surface area contributed by atoms with Crippen LogP contribution in [0.3, 0.4) is 0 Å². The number of hydrogen-bond donors (Lipinski definition) is 4. The van der Waals surface area contributed by atoms with Gasteiger partial charge in [0, 0.05) is 18.8 Å². The topological polar surface area (TPSA) is 98.0 Å². The van der Waals surface area contributed by atoms with Crippen LogP contribution < -0.4 is 0 Å². The summed E-state index contributed by atoms with van der Waals surface area (Å²) in [7, 11) is 0. The van der Waals surface area contributed by atoms with Crippen molar-refractivity contribution in [3.63, 3.8) is 0 Å². The van der Waals surface area contributed by atoms with Crippen molar-refractivity contribution < 1.29 is 25.2 Å². The van der Waals surface area contributed by atoms with Crippen molar-refractivity contribution in [3.05, 3.63) is 48.6 Å². The Morgan fingerprint density at radius 2 is 1.67 bits per heavy atom. The molecule has 0 amide bonds. The predicted molar refractivity (Wildman–Crippen MR) is 107 cm³/mol. The summed E-state index contributed by atoms with van der Waals surface area (Å²) in [4.78, 5) is 10.8. The second-order valence-electron chi connectivity index (χ2n) is 7.03. The van der Waals surface area contributed by atoms with Crippen LogP contribution in [0.5, 0.6) is 0 Å². The van der Waals surface area contributed by atoms with E-state index in [2.05, 4.69) is 31.2 Å². The van der Waals surface area contributed by atoms with Crippen molar-refractivity contribution in [2.45, 2.75) is 70.2 Å².